The van der Waals surface area contributed by atoms with Crippen LogP contribution < -0.4 is 5.32 Å². The molecule has 2 rings (SSSR count). The molecule has 1 aromatic heterocycles. The van der Waals surface area contributed by atoms with Crippen molar-refractivity contribution in [2.75, 3.05) is 5.32 Å². The van der Waals surface area contributed by atoms with Crippen molar-refractivity contribution in [2.45, 2.75) is 6.92 Å². The van der Waals surface area contributed by atoms with E-state index in [1.807, 2.05) is 25.1 Å². The van der Waals surface area contributed by atoms with E-state index in [4.69, 9.17) is 12.2 Å². The summed E-state index contributed by atoms with van der Waals surface area (Å²) in [6.07, 6.45) is 0. The summed E-state index contributed by atoms with van der Waals surface area (Å²) in [6, 6.07) is 5.90. The van der Waals surface area contributed by atoms with Gasteiger partial charge >= 0.3 is 0 Å². The Morgan fingerprint density at radius 2 is 2.38 bits per heavy atom. The standard InChI is InChI=1S/C8H7N3S2/c1-5(12)9-6-2-3-8-7(4-6)10-11-13-8/h2-4H,1H3,(H,9,12). The van der Waals surface area contributed by atoms with E-state index in [9.17, 15) is 0 Å². The van der Waals surface area contributed by atoms with E-state index in [0.29, 0.717) is 0 Å². The van der Waals surface area contributed by atoms with Crippen LogP contribution in [0.25, 0.3) is 10.2 Å². The van der Waals surface area contributed by atoms with Crippen LogP contribution in [0.2, 0.25) is 0 Å². The molecule has 13 heavy (non-hydrogen) atoms. The topological polar surface area (TPSA) is 37.8 Å². The molecule has 1 N–H and O–H groups in total. The second kappa shape index (κ2) is 3.35. The molecule has 0 fully saturated rings. The molecule has 0 aliphatic rings. The van der Waals surface area contributed by atoms with E-state index in [1.165, 1.54) is 11.5 Å². The predicted molar refractivity (Wildman–Crippen MR) is 59.3 cm³/mol. The molecule has 1 aromatic carbocycles. The van der Waals surface area contributed by atoms with Crippen molar-refractivity contribution in [2.24, 2.45) is 0 Å². The van der Waals surface area contributed by atoms with E-state index >= 15 is 0 Å². The van der Waals surface area contributed by atoms with Crippen LogP contribution in [0.1, 0.15) is 6.92 Å². The number of hydrogen-bond acceptors (Lipinski definition) is 4. The number of fused-ring (bicyclic) bond motifs is 1. The molecule has 0 atom stereocenters. The number of nitrogens with one attached hydrogen (secondary N) is 1. The van der Waals surface area contributed by atoms with Crippen LogP contribution in [0, 0.1) is 0 Å². The molecule has 5 heteroatoms. The Kier molecular flexibility index (Phi) is 2.20. The molecule has 0 unspecified atom stereocenters. The number of thiocarbonyl (C=S) groups is 1. The number of hydrogen-bond donors (Lipinski definition) is 1. The summed E-state index contributed by atoms with van der Waals surface area (Å²) in [6.45, 7) is 1.85. The summed E-state index contributed by atoms with van der Waals surface area (Å²) in [5.74, 6) is 0. The summed E-state index contributed by atoms with van der Waals surface area (Å²) < 4.78 is 4.94. The first kappa shape index (κ1) is 8.52. The highest BCUT2D eigenvalue weighted by molar-refractivity contribution is 7.80. The maximum atomic E-state index is 4.94. The van der Waals surface area contributed by atoms with Gasteiger partial charge in [-0.3, -0.25) is 0 Å². The Labute approximate surface area is 84.9 Å². The number of nitrogens with zero attached hydrogens (tertiary/aromatic N) is 2. The minimum Gasteiger partial charge on any atom is -0.350 e. The van der Waals surface area contributed by atoms with E-state index in [1.54, 1.807) is 0 Å². The lowest BCUT2D eigenvalue weighted by Crippen LogP contribution is -2.02. The molecule has 1 heterocycles. The van der Waals surface area contributed by atoms with Crippen molar-refractivity contribution in [3.63, 3.8) is 0 Å². The third-order valence-corrected chi connectivity index (χ3v) is 2.37. The fraction of sp³-hybridized carbons (Fsp3) is 0.125. The molecule has 66 valence electrons. The van der Waals surface area contributed by atoms with Gasteiger partial charge in [-0.25, -0.2) is 0 Å². The van der Waals surface area contributed by atoms with E-state index in [0.717, 1.165) is 20.9 Å². The molecule has 3 nitrogen and oxygen atoms in total. The van der Waals surface area contributed by atoms with Gasteiger partial charge in [0, 0.05) is 5.69 Å². The molecule has 0 saturated heterocycles. The second-order valence-corrected chi connectivity index (χ2v) is 4.03. The van der Waals surface area contributed by atoms with Crippen LogP contribution in [-0.4, -0.2) is 14.6 Å². The lowest BCUT2D eigenvalue weighted by Gasteiger charge is -2.01. The largest absolute Gasteiger partial charge is 0.350 e. The van der Waals surface area contributed by atoms with Gasteiger partial charge in [-0.15, -0.1) is 5.10 Å². The zero-order chi connectivity index (χ0) is 9.26. The van der Waals surface area contributed by atoms with Gasteiger partial charge < -0.3 is 5.32 Å². The first-order valence-corrected chi connectivity index (χ1v) is 4.93. The highest BCUT2D eigenvalue weighted by Crippen LogP contribution is 2.19. The summed E-state index contributed by atoms with van der Waals surface area (Å²) in [7, 11) is 0. The van der Waals surface area contributed by atoms with Gasteiger partial charge in [0.15, 0.2) is 0 Å². The van der Waals surface area contributed by atoms with Crippen molar-refractivity contribution in [1.82, 2.24) is 9.59 Å². The molecule has 0 aliphatic carbocycles. The second-order valence-electron chi connectivity index (χ2n) is 2.64. The normalized spacial score (nSPS) is 10.2. The first-order chi connectivity index (χ1) is 6.25. The van der Waals surface area contributed by atoms with Crippen LogP contribution in [-0.2, 0) is 0 Å². The average Bonchev–Trinajstić information content (AvgIpc) is 2.49. The van der Waals surface area contributed by atoms with E-state index < -0.39 is 0 Å². The number of aromatic nitrogens is 2. The summed E-state index contributed by atoms with van der Waals surface area (Å²) in [5.41, 5.74) is 1.87. The van der Waals surface area contributed by atoms with Crippen molar-refractivity contribution < 1.29 is 0 Å². The van der Waals surface area contributed by atoms with Crippen LogP contribution in [0.3, 0.4) is 0 Å². The zero-order valence-electron chi connectivity index (χ0n) is 6.94. The lowest BCUT2D eigenvalue weighted by molar-refractivity contribution is 1.20. The molecular formula is C8H7N3S2. The average molecular weight is 209 g/mol. The lowest BCUT2D eigenvalue weighted by atomic mass is 10.3. The Balaban J connectivity index is 2.42. The quantitative estimate of drug-likeness (QED) is 0.732. The molecule has 0 saturated carbocycles. The third kappa shape index (κ3) is 1.81. The van der Waals surface area contributed by atoms with Gasteiger partial charge in [-0.05, 0) is 36.7 Å². The highest BCUT2D eigenvalue weighted by atomic mass is 32.1. The summed E-state index contributed by atoms with van der Waals surface area (Å²) in [5, 5.41) is 7.03. The Morgan fingerprint density at radius 1 is 1.54 bits per heavy atom. The molecule has 0 radical (unpaired) electrons. The van der Waals surface area contributed by atoms with Crippen LogP contribution >= 0.6 is 23.8 Å². The number of benzene rings is 1. The van der Waals surface area contributed by atoms with Crippen LogP contribution in [0.15, 0.2) is 18.2 Å². The number of rotatable bonds is 1. The van der Waals surface area contributed by atoms with E-state index in [2.05, 4.69) is 14.9 Å². The van der Waals surface area contributed by atoms with Crippen molar-refractivity contribution in [1.29, 1.82) is 0 Å². The monoisotopic (exact) mass is 209 g/mol. The minimum absolute atomic E-state index is 0.752. The maximum absolute atomic E-state index is 4.94. The predicted octanol–water partition coefficient (Wildman–Crippen LogP) is 2.45. The summed E-state index contributed by atoms with van der Waals surface area (Å²) in [4.78, 5) is 0.752. The van der Waals surface area contributed by atoms with Crippen molar-refractivity contribution >= 4 is 44.6 Å². The SMILES string of the molecule is CC(=S)Nc1ccc2snnc2c1. The zero-order valence-corrected chi connectivity index (χ0v) is 8.58. The molecule has 0 aliphatic heterocycles. The van der Waals surface area contributed by atoms with Crippen molar-refractivity contribution in [3.8, 4) is 0 Å². The highest BCUT2D eigenvalue weighted by Gasteiger charge is 1.99. The Morgan fingerprint density at radius 3 is 3.15 bits per heavy atom. The number of anilines is 1. The molecule has 0 bridgehead atoms. The molecular weight excluding hydrogens is 202 g/mol. The van der Waals surface area contributed by atoms with Gasteiger partial charge in [0.25, 0.3) is 0 Å². The van der Waals surface area contributed by atoms with Crippen molar-refractivity contribution in [3.05, 3.63) is 18.2 Å². The first-order valence-electron chi connectivity index (χ1n) is 3.75. The third-order valence-electron chi connectivity index (χ3n) is 1.57. The summed E-state index contributed by atoms with van der Waals surface area (Å²) >= 11 is 6.33. The van der Waals surface area contributed by atoms with Crippen LogP contribution in [0.5, 0.6) is 0 Å². The van der Waals surface area contributed by atoms with E-state index in [-0.39, 0.29) is 0 Å². The van der Waals surface area contributed by atoms with Gasteiger partial charge in [-0.2, -0.15) is 0 Å². The van der Waals surface area contributed by atoms with Gasteiger partial charge in [0.05, 0.1) is 9.69 Å². The van der Waals surface area contributed by atoms with Gasteiger partial charge in [0.1, 0.15) is 5.52 Å². The Hall–Kier alpha value is -1.07. The molecule has 0 spiro atoms. The van der Waals surface area contributed by atoms with Crippen LogP contribution in [0.4, 0.5) is 5.69 Å². The maximum Gasteiger partial charge on any atom is 0.108 e. The fourth-order valence-corrected chi connectivity index (χ4v) is 1.72. The van der Waals surface area contributed by atoms with Gasteiger partial charge in [0.2, 0.25) is 0 Å². The minimum atomic E-state index is 0.752. The molecule has 0 amide bonds. The fourth-order valence-electron chi connectivity index (χ4n) is 1.06. The smallest absolute Gasteiger partial charge is 0.108 e. The Bertz CT molecular complexity index is 449. The molecule has 2 aromatic rings. The van der Waals surface area contributed by atoms with Gasteiger partial charge in [-0.1, -0.05) is 16.7 Å².